The Balaban J connectivity index is 1.84. The lowest BCUT2D eigenvalue weighted by Crippen LogP contribution is -2.25. The number of carbonyl (C=O) groups excluding carboxylic acids is 1. The van der Waals surface area contributed by atoms with Crippen molar-refractivity contribution in [2.45, 2.75) is 6.42 Å². The number of nitrogens with zero attached hydrogens (tertiary/aromatic N) is 4. The molecule has 8 heteroatoms. The first-order chi connectivity index (χ1) is 9.29. The van der Waals surface area contributed by atoms with Crippen molar-refractivity contribution in [1.82, 2.24) is 20.3 Å². The number of rotatable bonds is 5. The van der Waals surface area contributed by atoms with Crippen molar-refractivity contribution in [3.05, 3.63) is 47.2 Å². The van der Waals surface area contributed by atoms with Gasteiger partial charge in [-0.3, -0.25) is 4.79 Å². The summed E-state index contributed by atoms with van der Waals surface area (Å²) < 4.78 is 0. The van der Waals surface area contributed by atoms with E-state index in [0.717, 1.165) is 5.69 Å². The third kappa shape index (κ3) is 3.50. The molecule has 3 N–H and O–H groups in total. The Hall–Kier alpha value is -2.95. The number of hydrogen-bond acceptors (Lipinski definition) is 5. The second-order valence-corrected chi connectivity index (χ2v) is 3.73. The van der Waals surface area contributed by atoms with Crippen LogP contribution in [0.3, 0.4) is 0 Å². The van der Waals surface area contributed by atoms with Crippen LogP contribution in [0.1, 0.15) is 16.1 Å². The molecule has 0 fully saturated rings. The molecule has 2 aromatic rings. The van der Waals surface area contributed by atoms with E-state index in [-0.39, 0.29) is 5.91 Å². The van der Waals surface area contributed by atoms with Crippen molar-refractivity contribution in [3.8, 4) is 0 Å². The third-order valence-corrected chi connectivity index (χ3v) is 2.42. The van der Waals surface area contributed by atoms with E-state index in [9.17, 15) is 4.79 Å². The van der Waals surface area contributed by atoms with Crippen molar-refractivity contribution < 1.29 is 4.79 Å². The number of anilines is 1. The first-order valence-electron chi connectivity index (χ1n) is 5.61. The lowest BCUT2D eigenvalue weighted by atomic mass is 10.2. The maximum absolute atomic E-state index is 11.8. The zero-order valence-corrected chi connectivity index (χ0v) is 10.00. The number of H-pyrrole nitrogens is 1. The smallest absolute Gasteiger partial charge is 0.309 e. The highest BCUT2D eigenvalue weighted by molar-refractivity contribution is 5.94. The summed E-state index contributed by atoms with van der Waals surface area (Å²) in [5.74, 6) is 0.149. The van der Waals surface area contributed by atoms with Gasteiger partial charge in [0.15, 0.2) is 0 Å². The SMILES string of the molecule is N#[N+]Nc1ccc(C(=O)NCCc2cnc[nH]2)cn1. The number of nitrogens with one attached hydrogen (secondary N) is 3. The summed E-state index contributed by atoms with van der Waals surface area (Å²) in [6.07, 6.45) is 5.40. The summed E-state index contributed by atoms with van der Waals surface area (Å²) in [6.45, 7) is 0.507. The first-order valence-corrected chi connectivity index (χ1v) is 5.61. The molecule has 0 aliphatic heterocycles. The minimum atomic E-state index is -0.209. The molecule has 0 saturated heterocycles. The summed E-state index contributed by atoms with van der Waals surface area (Å²) in [6, 6.07) is 3.13. The van der Waals surface area contributed by atoms with Gasteiger partial charge in [-0.25, -0.2) is 9.97 Å². The van der Waals surface area contributed by atoms with Crippen LogP contribution in [-0.2, 0) is 6.42 Å². The Bertz CT molecular complexity index is 570. The molecule has 0 radical (unpaired) electrons. The molecule has 0 unspecified atom stereocenters. The molecule has 0 aliphatic rings. The van der Waals surface area contributed by atoms with E-state index in [2.05, 4.69) is 30.8 Å². The minimum absolute atomic E-state index is 0.209. The van der Waals surface area contributed by atoms with Gasteiger partial charge in [0.25, 0.3) is 11.3 Å². The van der Waals surface area contributed by atoms with E-state index in [0.29, 0.717) is 24.3 Å². The second kappa shape index (κ2) is 6.11. The molecule has 0 aromatic carbocycles. The lowest BCUT2D eigenvalue weighted by Gasteiger charge is -2.03. The van der Waals surface area contributed by atoms with E-state index < -0.39 is 0 Å². The number of aromatic amines is 1. The van der Waals surface area contributed by atoms with Crippen molar-refractivity contribution in [3.63, 3.8) is 0 Å². The molecule has 19 heavy (non-hydrogen) atoms. The maximum Gasteiger partial charge on any atom is 0.309 e. The van der Waals surface area contributed by atoms with Crippen LogP contribution in [0.15, 0.2) is 30.9 Å². The molecule has 0 saturated carbocycles. The van der Waals surface area contributed by atoms with E-state index in [1.54, 1.807) is 24.7 Å². The highest BCUT2D eigenvalue weighted by atomic mass is 16.1. The lowest BCUT2D eigenvalue weighted by molar-refractivity contribution is 0.0954. The Morgan fingerprint density at radius 2 is 2.32 bits per heavy atom. The molecule has 1 amide bonds. The van der Waals surface area contributed by atoms with Crippen LogP contribution in [-0.4, -0.2) is 27.4 Å². The van der Waals surface area contributed by atoms with E-state index in [4.69, 9.17) is 5.39 Å². The first kappa shape index (κ1) is 12.5. The second-order valence-electron chi connectivity index (χ2n) is 3.73. The third-order valence-electron chi connectivity index (χ3n) is 2.42. The number of aromatic nitrogens is 3. The van der Waals surface area contributed by atoms with E-state index in [1.165, 1.54) is 6.20 Å². The van der Waals surface area contributed by atoms with Gasteiger partial charge in [-0.05, 0) is 12.1 Å². The molecule has 8 nitrogen and oxygen atoms in total. The van der Waals surface area contributed by atoms with Crippen LogP contribution in [0, 0.1) is 5.39 Å². The normalized spacial score (nSPS) is 9.63. The van der Waals surface area contributed by atoms with Gasteiger partial charge in [0.1, 0.15) is 0 Å². The summed E-state index contributed by atoms with van der Waals surface area (Å²) in [5.41, 5.74) is 3.66. The minimum Gasteiger partial charge on any atom is -0.352 e. The fourth-order valence-electron chi connectivity index (χ4n) is 1.48. The predicted molar refractivity (Wildman–Crippen MR) is 67.6 cm³/mol. The fourth-order valence-corrected chi connectivity index (χ4v) is 1.48. The Morgan fingerprint density at radius 3 is 2.95 bits per heavy atom. The zero-order valence-electron chi connectivity index (χ0n) is 10.00. The van der Waals surface area contributed by atoms with Crippen molar-refractivity contribution >= 4 is 11.7 Å². The number of amides is 1. The predicted octanol–water partition coefficient (Wildman–Crippen LogP) is 0.957. The van der Waals surface area contributed by atoms with Gasteiger partial charge in [-0.2, -0.15) is 0 Å². The van der Waals surface area contributed by atoms with Crippen LogP contribution < -0.4 is 10.7 Å². The summed E-state index contributed by atoms with van der Waals surface area (Å²) >= 11 is 0. The van der Waals surface area contributed by atoms with Crippen LogP contribution in [0.25, 0.3) is 5.08 Å². The molecule has 0 aliphatic carbocycles. The molecular weight excluding hydrogens is 246 g/mol. The molecule has 2 aromatic heterocycles. The Labute approximate surface area is 108 Å². The number of carbonyl (C=O) groups is 1. The van der Waals surface area contributed by atoms with Crippen LogP contribution in [0.5, 0.6) is 0 Å². The van der Waals surface area contributed by atoms with Crippen LogP contribution in [0.4, 0.5) is 5.82 Å². The Morgan fingerprint density at radius 1 is 1.42 bits per heavy atom. The molecular formula is C11H12N7O+. The van der Waals surface area contributed by atoms with Crippen LogP contribution in [0.2, 0.25) is 0 Å². The zero-order chi connectivity index (χ0) is 13.5. The average Bonchev–Trinajstić information content (AvgIpc) is 2.93. The maximum atomic E-state index is 11.8. The van der Waals surface area contributed by atoms with Gasteiger partial charge < -0.3 is 10.3 Å². The van der Waals surface area contributed by atoms with E-state index >= 15 is 0 Å². The molecule has 2 heterocycles. The molecule has 0 spiro atoms. The summed E-state index contributed by atoms with van der Waals surface area (Å²) in [5, 5.41) is 13.8. The van der Waals surface area contributed by atoms with Crippen molar-refractivity contribution in [2.24, 2.45) is 0 Å². The Kier molecular flexibility index (Phi) is 4.02. The fraction of sp³-hybridized carbons (Fsp3) is 0.182. The number of imidazole rings is 1. The average molecular weight is 258 g/mol. The highest BCUT2D eigenvalue weighted by Gasteiger charge is 2.07. The number of pyridine rings is 1. The quantitative estimate of drug-likeness (QED) is 0.546. The standard InChI is InChI=1S/C11H11N7O/c12-18-17-10-2-1-8(5-15-10)11(19)14-4-3-9-6-13-7-16-9/h1-2,5-7H,3-4H2,(H2-,13,14,15,16,17,19)/p+1. The van der Waals surface area contributed by atoms with Crippen molar-refractivity contribution in [2.75, 3.05) is 12.0 Å². The topological polar surface area (TPSA) is 111 Å². The van der Waals surface area contributed by atoms with Gasteiger partial charge in [0, 0.05) is 36.5 Å². The van der Waals surface area contributed by atoms with Gasteiger partial charge in [0.2, 0.25) is 5.82 Å². The molecule has 2 rings (SSSR count). The molecule has 96 valence electrons. The summed E-state index contributed by atoms with van der Waals surface area (Å²) in [4.78, 5) is 22.5. The summed E-state index contributed by atoms with van der Waals surface area (Å²) in [7, 11) is 0. The molecule has 0 atom stereocenters. The highest BCUT2D eigenvalue weighted by Crippen LogP contribution is 2.04. The van der Waals surface area contributed by atoms with Crippen LogP contribution >= 0.6 is 0 Å². The monoisotopic (exact) mass is 258 g/mol. The van der Waals surface area contributed by atoms with E-state index in [1.807, 2.05) is 0 Å². The van der Waals surface area contributed by atoms with Gasteiger partial charge in [-0.1, -0.05) is 0 Å². The van der Waals surface area contributed by atoms with Gasteiger partial charge in [-0.15, -0.1) is 0 Å². The number of diazo groups is 1. The number of hydrogen-bond donors (Lipinski definition) is 3. The molecule has 0 bridgehead atoms. The van der Waals surface area contributed by atoms with Gasteiger partial charge >= 0.3 is 5.08 Å². The largest absolute Gasteiger partial charge is 0.352 e. The van der Waals surface area contributed by atoms with Gasteiger partial charge in [0.05, 0.1) is 11.9 Å². The van der Waals surface area contributed by atoms with Crippen molar-refractivity contribution in [1.29, 1.82) is 5.39 Å².